The van der Waals surface area contributed by atoms with Crippen molar-refractivity contribution in [1.82, 2.24) is 8.75 Å². The molecular formula is C44H44N4O4S2. The minimum absolute atomic E-state index is 0.351. The Bertz CT molecular complexity index is 2140. The SMILES string of the molecule is CCCCCCOc1ccc(N(c2ccc(OCCCCCC)cc2)c2ccc(-c3ccc(-c4ccc(/C=C(\C#N)C(=O)O)c5nsnc45)s3)cc2)cc1. The number of fused-ring (bicyclic) bond motifs is 1. The van der Waals surface area contributed by atoms with Gasteiger partial charge in [0.2, 0.25) is 0 Å². The van der Waals surface area contributed by atoms with Crippen LogP contribution in [0.15, 0.2) is 103 Å². The lowest BCUT2D eigenvalue weighted by Crippen LogP contribution is -2.10. The second-order valence-electron chi connectivity index (χ2n) is 13.0. The molecule has 0 amide bonds. The molecule has 10 heteroatoms. The lowest BCUT2D eigenvalue weighted by Gasteiger charge is -2.26. The number of aromatic nitrogens is 2. The molecule has 0 fully saturated rings. The standard InChI is InChI=1S/C44H44N4O4S2/c1-3-5-7-9-27-51-37-20-16-35(17-21-37)48(36-18-22-38(23-19-36)52-28-10-8-6-4-2)34-14-11-31(12-15-34)40-25-26-41(53-40)39-24-13-32(29-33(30-45)44(49)50)42-43(39)47-54-46-42/h11-26,29H,3-10,27-28H2,1-2H3,(H,49,50)/b33-29+. The first kappa shape index (κ1) is 38.2. The van der Waals surface area contributed by atoms with Gasteiger partial charge in [-0.3, -0.25) is 0 Å². The number of carbonyl (C=O) groups is 1. The molecule has 0 aliphatic heterocycles. The van der Waals surface area contributed by atoms with Crippen LogP contribution >= 0.6 is 23.1 Å². The molecule has 0 saturated heterocycles. The molecule has 0 spiro atoms. The van der Waals surface area contributed by atoms with Gasteiger partial charge in [0.25, 0.3) is 0 Å². The maximum atomic E-state index is 11.4. The first-order valence-electron chi connectivity index (χ1n) is 18.6. The molecule has 6 rings (SSSR count). The van der Waals surface area contributed by atoms with Crippen molar-refractivity contribution in [3.05, 3.63) is 108 Å². The fourth-order valence-electron chi connectivity index (χ4n) is 6.18. The van der Waals surface area contributed by atoms with Crippen molar-refractivity contribution < 1.29 is 19.4 Å². The van der Waals surface area contributed by atoms with Crippen LogP contribution in [0.2, 0.25) is 0 Å². The van der Waals surface area contributed by atoms with Gasteiger partial charge in [-0.2, -0.15) is 14.0 Å². The molecule has 1 N–H and O–H groups in total. The summed E-state index contributed by atoms with van der Waals surface area (Å²) in [6.45, 7) is 5.87. The van der Waals surface area contributed by atoms with Gasteiger partial charge in [0.05, 0.1) is 24.9 Å². The van der Waals surface area contributed by atoms with Crippen LogP contribution in [0.3, 0.4) is 0 Å². The molecule has 2 aromatic heterocycles. The van der Waals surface area contributed by atoms with Crippen LogP contribution in [0, 0.1) is 11.3 Å². The lowest BCUT2D eigenvalue weighted by atomic mass is 10.0. The number of hydrogen-bond donors (Lipinski definition) is 1. The van der Waals surface area contributed by atoms with Crippen LogP contribution in [0.25, 0.3) is 38.0 Å². The number of thiophene rings is 1. The Kier molecular flexibility index (Phi) is 13.5. The Morgan fingerprint density at radius 2 is 1.24 bits per heavy atom. The molecule has 0 aliphatic carbocycles. The Morgan fingerprint density at radius 3 is 1.78 bits per heavy atom. The first-order valence-corrected chi connectivity index (χ1v) is 20.1. The molecule has 54 heavy (non-hydrogen) atoms. The van der Waals surface area contributed by atoms with Crippen LogP contribution in [0.4, 0.5) is 17.1 Å². The minimum atomic E-state index is -1.28. The quantitative estimate of drug-likeness (QED) is 0.0494. The average Bonchev–Trinajstić information content (AvgIpc) is 3.90. The topological polar surface area (TPSA) is 109 Å². The molecule has 8 nitrogen and oxygen atoms in total. The van der Waals surface area contributed by atoms with E-state index in [0.29, 0.717) is 16.6 Å². The number of rotatable bonds is 19. The van der Waals surface area contributed by atoms with Crippen LogP contribution in [0.5, 0.6) is 11.5 Å². The Morgan fingerprint density at radius 1 is 0.704 bits per heavy atom. The fourth-order valence-corrected chi connectivity index (χ4v) is 7.80. The molecule has 6 aromatic rings. The van der Waals surface area contributed by atoms with E-state index in [9.17, 15) is 15.2 Å². The average molecular weight is 757 g/mol. The van der Waals surface area contributed by atoms with Crippen molar-refractivity contribution in [3.8, 4) is 38.4 Å². The van der Waals surface area contributed by atoms with Gasteiger partial charge in [-0.15, -0.1) is 11.3 Å². The summed E-state index contributed by atoms with van der Waals surface area (Å²) in [6.07, 6.45) is 10.7. The second-order valence-corrected chi connectivity index (χ2v) is 14.6. The zero-order chi connectivity index (χ0) is 37.7. The van der Waals surface area contributed by atoms with Gasteiger partial charge in [-0.25, -0.2) is 4.79 Å². The van der Waals surface area contributed by atoms with Crippen molar-refractivity contribution in [3.63, 3.8) is 0 Å². The zero-order valence-electron chi connectivity index (χ0n) is 30.7. The van der Waals surface area contributed by atoms with Crippen molar-refractivity contribution in [1.29, 1.82) is 5.26 Å². The molecule has 0 radical (unpaired) electrons. The number of ether oxygens (including phenoxy) is 2. The van der Waals surface area contributed by atoms with Gasteiger partial charge in [-0.05, 0) is 97.3 Å². The number of carboxylic acids is 1. The third kappa shape index (κ3) is 9.53. The Balaban J connectivity index is 1.24. The number of unbranched alkanes of at least 4 members (excludes halogenated alkanes) is 6. The lowest BCUT2D eigenvalue weighted by molar-refractivity contribution is -0.132. The highest BCUT2D eigenvalue weighted by atomic mass is 32.1. The van der Waals surface area contributed by atoms with Crippen LogP contribution in [0.1, 0.15) is 70.8 Å². The molecular weight excluding hydrogens is 713 g/mol. The van der Waals surface area contributed by atoms with E-state index in [4.69, 9.17) is 9.47 Å². The first-order chi connectivity index (χ1) is 26.5. The number of carboxylic acid groups (broad SMARTS) is 1. The maximum Gasteiger partial charge on any atom is 0.346 e. The van der Waals surface area contributed by atoms with Crippen LogP contribution < -0.4 is 14.4 Å². The summed E-state index contributed by atoms with van der Waals surface area (Å²) in [5, 5.41) is 18.6. The predicted molar refractivity (Wildman–Crippen MR) is 221 cm³/mol. The molecule has 0 aliphatic rings. The molecule has 2 heterocycles. The van der Waals surface area contributed by atoms with E-state index < -0.39 is 5.97 Å². The summed E-state index contributed by atoms with van der Waals surface area (Å²) >= 11 is 2.71. The fraction of sp³-hybridized carbons (Fsp3) is 0.273. The molecule has 4 aromatic carbocycles. The van der Waals surface area contributed by atoms with Gasteiger partial charge >= 0.3 is 5.97 Å². The third-order valence-electron chi connectivity index (χ3n) is 9.10. The van der Waals surface area contributed by atoms with Gasteiger partial charge < -0.3 is 19.5 Å². The Hall–Kier alpha value is -5.50. The highest BCUT2D eigenvalue weighted by Crippen LogP contribution is 2.41. The molecule has 0 atom stereocenters. The number of benzene rings is 4. The Labute approximate surface area is 325 Å². The summed E-state index contributed by atoms with van der Waals surface area (Å²) in [5.41, 5.74) is 6.51. The summed E-state index contributed by atoms with van der Waals surface area (Å²) < 4.78 is 21.0. The number of aliphatic carboxylic acids is 1. The van der Waals surface area contributed by atoms with Gasteiger partial charge in [0.15, 0.2) is 0 Å². The minimum Gasteiger partial charge on any atom is -0.494 e. The van der Waals surface area contributed by atoms with Gasteiger partial charge in [-0.1, -0.05) is 76.6 Å². The molecule has 276 valence electrons. The maximum absolute atomic E-state index is 11.4. The van der Waals surface area contributed by atoms with E-state index in [1.165, 1.54) is 44.6 Å². The highest BCUT2D eigenvalue weighted by Gasteiger charge is 2.17. The van der Waals surface area contributed by atoms with Crippen molar-refractivity contribution in [2.24, 2.45) is 0 Å². The zero-order valence-corrected chi connectivity index (χ0v) is 32.3. The summed E-state index contributed by atoms with van der Waals surface area (Å²) in [5.74, 6) is 0.465. The molecule has 0 saturated carbocycles. The van der Waals surface area contributed by atoms with E-state index in [-0.39, 0.29) is 5.57 Å². The number of nitrogens with zero attached hydrogens (tertiary/aromatic N) is 4. The normalized spacial score (nSPS) is 11.4. The van der Waals surface area contributed by atoms with Crippen molar-refractivity contribution >= 4 is 63.2 Å². The smallest absolute Gasteiger partial charge is 0.346 e. The monoisotopic (exact) mass is 756 g/mol. The van der Waals surface area contributed by atoms with E-state index >= 15 is 0 Å². The third-order valence-corrected chi connectivity index (χ3v) is 10.8. The predicted octanol–water partition coefficient (Wildman–Crippen LogP) is 12.5. The van der Waals surface area contributed by atoms with E-state index in [1.54, 1.807) is 23.5 Å². The van der Waals surface area contributed by atoms with Crippen LogP contribution in [-0.2, 0) is 4.79 Å². The number of hydrogen-bond acceptors (Lipinski definition) is 9. The number of anilines is 3. The summed E-state index contributed by atoms with van der Waals surface area (Å²) in [4.78, 5) is 15.8. The van der Waals surface area contributed by atoms with Crippen molar-refractivity contribution in [2.45, 2.75) is 65.2 Å². The van der Waals surface area contributed by atoms with Crippen molar-refractivity contribution in [2.75, 3.05) is 18.1 Å². The van der Waals surface area contributed by atoms with E-state index in [0.717, 1.165) is 87.2 Å². The largest absolute Gasteiger partial charge is 0.494 e. The van der Waals surface area contributed by atoms with E-state index in [1.807, 2.05) is 30.3 Å². The highest BCUT2D eigenvalue weighted by molar-refractivity contribution is 7.19. The summed E-state index contributed by atoms with van der Waals surface area (Å²) in [7, 11) is 0. The summed E-state index contributed by atoms with van der Waals surface area (Å²) in [6, 6.07) is 34.8. The van der Waals surface area contributed by atoms with E-state index in [2.05, 4.69) is 88.2 Å². The number of nitriles is 1. The van der Waals surface area contributed by atoms with Gasteiger partial charge in [0, 0.05) is 37.9 Å². The molecule has 0 unspecified atom stereocenters. The molecule has 0 bridgehead atoms. The second kappa shape index (κ2) is 19.0. The van der Waals surface area contributed by atoms with Crippen LogP contribution in [-0.4, -0.2) is 33.0 Å². The van der Waals surface area contributed by atoms with Gasteiger partial charge in [0.1, 0.15) is 34.2 Å².